The van der Waals surface area contributed by atoms with Gasteiger partial charge in [-0.1, -0.05) is 90.2 Å². The Morgan fingerprint density at radius 3 is 2.06 bits per heavy atom. The third-order valence-electron chi connectivity index (χ3n) is 5.74. The molecule has 0 radical (unpaired) electrons. The smallest absolute Gasteiger partial charge is 0.387 e. The Labute approximate surface area is 214 Å². The first-order chi connectivity index (χ1) is 16.5. The summed E-state index contributed by atoms with van der Waals surface area (Å²) in [6.45, 7) is 4.53. The summed E-state index contributed by atoms with van der Waals surface area (Å²) in [5.74, 6) is -0.195. The average Bonchev–Trinajstić information content (AvgIpc) is 2.77. The molecule has 0 aromatic rings. The van der Waals surface area contributed by atoms with Crippen LogP contribution in [0.1, 0.15) is 97.3 Å². The second-order valence-corrected chi connectivity index (χ2v) is 11.9. The molecule has 0 aliphatic heterocycles. The number of hydrogen-bond donors (Lipinski definition) is 3. The van der Waals surface area contributed by atoms with E-state index in [1.807, 2.05) is 34.1 Å². The van der Waals surface area contributed by atoms with E-state index < -0.39 is 20.0 Å². The maximum Gasteiger partial charge on any atom is 0.472 e. The largest absolute Gasteiger partial charge is 0.472 e. The minimum absolute atomic E-state index is 0.0615. The van der Waals surface area contributed by atoms with Crippen molar-refractivity contribution >= 4 is 13.7 Å². The third kappa shape index (κ3) is 22.2. The summed E-state index contributed by atoms with van der Waals surface area (Å²) in [6, 6.07) is -0.832. The lowest BCUT2D eigenvalue weighted by atomic mass is 10.1. The Morgan fingerprint density at radius 2 is 1.51 bits per heavy atom. The molecule has 3 unspecified atom stereocenters. The summed E-state index contributed by atoms with van der Waals surface area (Å²) in [6.07, 6.45) is 16.4. The molecule has 0 saturated heterocycles. The van der Waals surface area contributed by atoms with Gasteiger partial charge in [-0.3, -0.25) is 13.8 Å². The Morgan fingerprint density at radius 1 is 0.943 bits per heavy atom. The topological polar surface area (TPSA) is 105 Å². The van der Waals surface area contributed by atoms with Gasteiger partial charge in [0, 0.05) is 6.42 Å². The van der Waals surface area contributed by atoms with E-state index in [1.165, 1.54) is 44.9 Å². The molecule has 0 fully saturated rings. The predicted octanol–water partition coefficient (Wildman–Crippen LogP) is 5.34. The van der Waals surface area contributed by atoms with Crippen molar-refractivity contribution in [2.75, 3.05) is 40.9 Å². The van der Waals surface area contributed by atoms with E-state index in [0.717, 1.165) is 32.1 Å². The molecule has 8 nitrogen and oxygen atoms in total. The quantitative estimate of drug-likeness (QED) is 0.0726. The third-order valence-corrected chi connectivity index (χ3v) is 6.72. The minimum Gasteiger partial charge on any atom is -0.387 e. The number of phosphoric ester groups is 1. The van der Waals surface area contributed by atoms with Gasteiger partial charge in [0.2, 0.25) is 5.91 Å². The fraction of sp³-hybridized carbons (Fsp3) is 0.885. The van der Waals surface area contributed by atoms with Crippen molar-refractivity contribution in [2.45, 2.75) is 109 Å². The normalized spacial score (nSPS) is 15.7. The molecule has 3 atom stereocenters. The van der Waals surface area contributed by atoms with E-state index in [4.69, 9.17) is 9.05 Å². The number of aliphatic hydroxyl groups is 1. The Balaban J connectivity index is 4.48. The first-order valence-corrected chi connectivity index (χ1v) is 15.1. The zero-order valence-corrected chi connectivity index (χ0v) is 23.9. The van der Waals surface area contributed by atoms with Gasteiger partial charge in [0.05, 0.1) is 39.9 Å². The van der Waals surface area contributed by atoms with Crippen LogP contribution in [0.15, 0.2) is 12.2 Å². The molecule has 3 N–H and O–H groups in total. The highest BCUT2D eigenvalue weighted by Crippen LogP contribution is 2.43. The van der Waals surface area contributed by atoms with Crippen molar-refractivity contribution in [3.05, 3.63) is 12.2 Å². The zero-order valence-electron chi connectivity index (χ0n) is 23.0. The number of phosphoric acid groups is 1. The molecule has 0 aliphatic carbocycles. The van der Waals surface area contributed by atoms with E-state index in [9.17, 15) is 19.4 Å². The molecule has 0 bridgehead atoms. The average molecular weight is 522 g/mol. The van der Waals surface area contributed by atoms with Gasteiger partial charge in [0.15, 0.2) is 0 Å². The summed E-state index contributed by atoms with van der Waals surface area (Å²) in [5, 5.41) is 13.3. The lowest BCUT2D eigenvalue weighted by molar-refractivity contribution is -0.870. The van der Waals surface area contributed by atoms with Crippen molar-refractivity contribution < 1.29 is 32.9 Å². The molecule has 0 aromatic heterocycles. The molecule has 0 aromatic carbocycles. The number of likely N-dealkylation sites (N-methyl/N-ethyl adjacent to an activating group) is 1. The highest BCUT2D eigenvalue weighted by Gasteiger charge is 2.27. The molecule has 0 rings (SSSR count). The Kier molecular flexibility index (Phi) is 19.9. The number of rotatable bonds is 23. The van der Waals surface area contributed by atoms with Crippen LogP contribution in [-0.2, 0) is 18.4 Å². The number of hydrogen-bond acceptors (Lipinski definition) is 5. The van der Waals surface area contributed by atoms with E-state index in [-0.39, 0.29) is 19.1 Å². The maximum absolute atomic E-state index is 12.5. The van der Waals surface area contributed by atoms with Gasteiger partial charge in [-0.05, 0) is 12.8 Å². The molecule has 1 amide bonds. The molecular weight excluding hydrogens is 467 g/mol. The first-order valence-electron chi connectivity index (χ1n) is 13.6. The fourth-order valence-corrected chi connectivity index (χ4v) is 4.19. The summed E-state index contributed by atoms with van der Waals surface area (Å²) in [5.41, 5.74) is 0. The molecule has 0 aliphatic rings. The monoisotopic (exact) mass is 521 g/mol. The van der Waals surface area contributed by atoms with E-state index in [2.05, 4.69) is 12.2 Å². The lowest BCUT2D eigenvalue weighted by Gasteiger charge is -2.25. The zero-order chi connectivity index (χ0) is 26.6. The molecule has 35 heavy (non-hydrogen) atoms. The number of carbonyl (C=O) groups excluding carboxylic acids is 1. The first kappa shape index (κ1) is 34.2. The summed E-state index contributed by atoms with van der Waals surface area (Å²) < 4.78 is 23.0. The SMILES string of the molecule is CCC/C=C/C(O)C(COP(=O)(O)OCC[N+](C)(C)C)NC(=O)CCCCCCCCCCCC. The fourth-order valence-electron chi connectivity index (χ4n) is 3.46. The molecule has 9 heteroatoms. The van der Waals surface area contributed by atoms with Gasteiger partial charge in [0.25, 0.3) is 0 Å². The molecular formula is C26H54N2O6P+. The predicted molar refractivity (Wildman–Crippen MR) is 143 cm³/mol. The van der Waals surface area contributed by atoms with Gasteiger partial charge in [-0.25, -0.2) is 4.57 Å². The Bertz CT molecular complexity index is 609. The number of quaternary nitrogens is 1. The lowest BCUT2D eigenvalue weighted by Crippen LogP contribution is -2.45. The van der Waals surface area contributed by atoms with Crippen LogP contribution >= 0.6 is 7.82 Å². The molecule has 208 valence electrons. The van der Waals surface area contributed by atoms with Crippen LogP contribution in [0.25, 0.3) is 0 Å². The summed E-state index contributed by atoms with van der Waals surface area (Å²) >= 11 is 0. The summed E-state index contributed by atoms with van der Waals surface area (Å²) in [7, 11) is 1.56. The number of allylic oxidation sites excluding steroid dienone is 1. The molecule has 0 spiro atoms. The van der Waals surface area contributed by atoms with Crippen molar-refractivity contribution in [1.29, 1.82) is 0 Å². The van der Waals surface area contributed by atoms with Crippen molar-refractivity contribution in [3.63, 3.8) is 0 Å². The van der Waals surface area contributed by atoms with Gasteiger partial charge in [-0.2, -0.15) is 0 Å². The molecule has 0 heterocycles. The van der Waals surface area contributed by atoms with Crippen LogP contribution in [0.3, 0.4) is 0 Å². The van der Waals surface area contributed by atoms with Crippen LogP contribution in [-0.4, -0.2) is 73.4 Å². The van der Waals surface area contributed by atoms with Gasteiger partial charge in [0.1, 0.15) is 13.2 Å². The number of carbonyl (C=O) groups is 1. The standard InChI is InChI=1S/C26H53N2O6P/c1-6-8-10-11-12-13-14-15-16-18-20-26(30)27-24(25(29)19-17-9-7-2)23-34-35(31,32)33-22-21-28(3,4)5/h17,19,24-25,29H,6-16,18,20-23H2,1-5H3,(H-,27,30,31,32)/p+1/b19-17+. The second-order valence-electron chi connectivity index (χ2n) is 10.4. The van der Waals surface area contributed by atoms with Crippen LogP contribution in [0, 0.1) is 0 Å². The van der Waals surface area contributed by atoms with Gasteiger partial charge in [-0.15, -0.1) is 0 Å². The van der Waals surface area contributed by atoms with Crippen LogP contribution in [0.2, 0.25) is 0 Å². The van der Waals surface area contributed by atoms with Crippen molar-refractivity contribution in [2.24, 2.45) is 0 Å². The van der Waals surface area contributed by atoms with E-state index >= 15 is 0 Å². The van der Waals surface area contributed by atoms with Crippen LogP contribution in [0.4, 0.5) is 0 Å². The number of nitrogens with zero attached hydrogens (tertiary/aromatic N) is 1. The Hall–Kier alpha value is -0.760. The highest BCUT2D eigenvalue weighted by molar-refractivity contribution is 7.47. The number of nitrogens with one attached hydrogen (secondary N) is 1. The second kappa shape index (κ2) is 20.3. The van der Waals surface area contributed by atoms with Crippen molar-refractivity contribution in [1.82, 2.24) is 5.32 Å². The number of aliphatic hydroxyl groups excluding tert-OH is 1. The van der Waals surface area contributed by atoms with Gasteiger partial charge < -0.3 is 19.8 Å². The number of amides is 1. The highest BCUT2D eigenvalue weighted by atomic mass is 31.2. The van der Waals surface area contributed by atoms with Crippen molar-refractivity contribution in [3.8, 4) is 0 Å². The number of unbranched alkanes of at least 4 members (excludes halogenated alkanes) is 10. The van der Waals surface area contributed by atoms with E-state index in [1.54, 1.807) is 6.08 Å². The van der Waals surface area contributed by atoms with E-state index in [0.29, 0.717) is 17.4 Å². The van der Waals surface area contributed by atoms with Gasteiger partial charge >= 0.3 is 7.82 Å². The minimum atomic E-state index is -4.29. The van der Waals surface area contributed by atoms with Crippen LogP contribution in [0.5, 0.6) is 0 Å². The van der Waals surface area contributed by atoms with Crippen LogP contribution < -0.4 is 5.32 Å². The summed E-state index contributed by atoms with van der Waals surface area (Å²) in [4.78, 5) is 22.5. The maximum atomic E-state index is 12.5. The molecule has 0 saturated carbocycles.